The molecule has 3 rings (SSSR count). The van der Waals surface area contributed by atoms with Crippen LogP contribution in [-0.4, -0.2) is 44.1 Å². The SMILES string of the molecule is CC(C)(C)OC(=O)N1CCC(NS(=O)(=O)Nc2ccc(F)c(F)c2Nc2ccc(I)cc2F)CC1. The third-order valence-electron chi connectivity index (χ3n) is 5.00. The molecule has 1 heterocycles. The number of carbonyl (C=O) groups is 1. The lowest BCUT2D eigenvalue weighted by Crippen LogP contribution is -2.48. The Kier molecular flexibility index (Phi) is 8.42. The van der Waals surface area contributed by atoms with E-state index in [1.165, 1.54) is 17.0 Å². The maximum absolute atomic E-state index is 14.6. The predicted octanol–water partition coefficient (Wildman–Crippen LogP) is 5.10. The highest BCUT2D eigenvalue weighted by Gasteiger charge is 2.29. The number of nitrogens with one attached hydrogen (secondary N) is 3. The molecular formula is C22H26F3IN4O4S. The number of amides is 1. The Morgan fingerprint density at radius 2 is 1.69 bits per heavy atom. The first kappa shape index (κ1) is 27.3. The maximum Gasteiger partial charge on any atom is 0.410 e. The van der Waals surface area contributed by atoms with Crippen molar-refractivity contribution in [1.82, 2.24) is 9.62 Å². The standard InChI is InChI=1S/C22H26F3IN4O4S/c1-22(2,3)34-21(31)30-10-8-14(9-11-30)28-35(32,33)29-18-7-5-15(23)19(25)20(18)27-17-6-4-13(26)12-16(17)24/h4-7,12,14,27-29H,8-11H2,1-3H3. The minimum atomic E-state index is -4.22. The number of rotatable bonds is 6. The van der Waals surface area contributed by atoms with Crippen molar-refractivity contribution in [3.63, 3.8) is 0 Å². The van der Waals surface area contributed by atoms with Crippen LogP contribution in [-0.2, 0) is 14.9 Å². The van der Waals surface area contributed by atoms with E-state index in [-0.39, 0.29) is 24.5 Å². The van der Waals surface area contributed by atoms with Gasteiger partial charge in [0, 0.05) is 22.7 Å². The van der Waals surface area contributed by atoms with Gasteiger partial charge in [0.2, 0.25) is 0 Å². The summed E-state index contributed by atoms with van der Waals surface area (Å²) in [7, 11) is -4.22. The summed E-state index contributed by atoms with van der Waals surface area (Å²) in [4.78, 5) is 13.7. The zero-order valence-corrected chi connectivity index (χ0v) is 22.3. The highest BCUT2D eigenvalue weighted by molar-refractivity contribution is 14.1. The van der Waals surface area contributed by atoms with E-state index in [1.54, 1.807) is 26.8 Å². The highest BCUT2D eigenvalue weighted by Crippen LogP contribution is 2.32. The lowest BCUT2D eigenvalue weighted by Gasteiger charge is -2.33. The fraction of sp³-hybridized carbons (Fsp3) is 0.409. The normalized spacial score (nSPS) is 15.1. The van der Waals surface area contributed by atoms with Crippen LogP contribution in [0.3, 0.4) is 0 Å². The van der Waals surface area contributed by atoms with E-state index in [9.17, 15) is 26.4 Å². The number of likely N-dealkylation sites (tertiary alicyclic amines) is 1. The van der Waals surface area contributed by atoms with Crippen molar-refractivity contribution in [3.05, 3.63) is 51.4 Å². The number of hydrogen-bond acceptors (Lipinski definition) is 5. The van der Waals surface area contributed by atoms with Gasteiger partial charge < -0.3 is 15.0 Å². The minimum absolute atomic E-state index is 0.155. The van der Waals surface area contributed by atoms with Crippen molar-refractivity contribution in [2.24, 2.45) is 0 Å². The highest BCUT2D eigenvalue weighted by atomic mass is 127. The van der Waals surface area contributed by atoms with Gasteiger partial charge in [-0.2, -0.15) is 13.1 Å². The molecule has 8 nitrogen and oxygen atoms in total. The Balaban J connectivity index is 1.70. The van der Waals surface area contributed by atoms with Gasteiger partial charge in [-0.25, -0.2) is 18.0 Å². The van der Waals surface area contributed by atoms with Crippen LogP contribution in [0.15, 0.2) is 30.3 Å². The lowest BCUT2D eigenvalue weighted by atomic mass is 10.1. The van der Waals surface area contributed by atoms with Crippen LogP contribution in [0.5, 0.6) is 0 Å². The van der Waals surface area contributed by atoms with Gasteiger partial charge in [0.1, 0.15) is 17.1 Å². The van der Waals surface area contributed by atoms with E-state index < -0.39 is 51.1 Å². The molecule has 1 aliphatic heterocycles. The van der Waals surface area contributed by atoms with E-state index in [2.05, 4.69) is 14.8 Å². The van der Waals surface area contributed by atoms with Crippen molar-refractivity contribution in [1.29, 1.82) is 0 Å². The summed E-state index contributed by atoms with van der Waals surface area (Å²) in [6.45, 7) is 5.83. The quantitative estimate of drug-likeness (QED) is 0.388. The molecule has 1 aliphatic rings. The topological polar surface area (TPSA) is 99.8 Å². The second-order valence-corrected chi connectivity index (χ2v) is 11.7. The van der Waals surface area contributed by atoms with Gasteiger partial charge in [0.05, 0.1) is 11.4 Å². The van der Waals surface area contributed by atoms with E-state index >= 15 is 0 Å². The first-order valence-electron chi connectivity index (χ1n) is 10.7. The number of hydrogen-bond donors (Lipinski definition) is 3. The van der Waals surface area contributed by atoms with E-state index in [0.29, 0.717) is 16.4 Å². The zero-order chi connectivity index (χ0) is 26.0. The van der Waals surface area contributed by atoms with Crippen LogP contribution in [0.25, 0.3) is 0 Å². The molecule has 0 unspecified atom stereocenters. The van der Waals surface area contributed by atoms with Crippen LogP contribution in [0.4, 0.5) is 35.0 Å². The average molecular weight is 626 g/mol. The second kappa shape index (κ2) is 10.8. The summed E-state index contributed by atoms with van der Waals surface area (Å²) < 4.78 is 78.7. The van der Waals surface area contributed by atoms with Gasteiger partial charge in [-0.05, 0) is 86.5 Å². The Morgan fingerprint density at radius 1 is 1.06 bits per heavy atom. The van der Waals surface area contributed by atoms with Gasteiger partial charge in [0.15, 0.2) is 11.6 Å². The molecular weight excluding hydrogens is 600 g/mol. The molecule has 0 aliphatic carbocycles. The molecule has 0 saturated carbocycles. The van der Waals surface area contributed by atoms with Gasteiger partial charge in [0.25, 0.3) is 10.2 Å². The molecule has 2 aromatic carbocycles. The van der Waals surface area contributed by atoms with E-state index in [1.807, 2.05) is 22.6 Å². The molecule has 1 saturated heterocycles. The van der Waals surface area contributed by atoms with Crippen molar-refractivity contribution < 1.29 is 31.1 Å². The molecule has 0 radical (unpaired) electrons. The van der Waals surface area contributed by atoms with Crippen molar-refractivity contribution in [2.45, 2.75) is 45.3 Å². The van der Waals surface area contributed by atoms with Crippen LogP contribution < -0.4 is 14.8 Å². The zero-order valence-electron chi connectivity index (χ0n) is 19.3. The molecule has 1 fully saturated rings. The van der Waals surface area contributed by atoms with Crippen LogP contribution in [0.2, 0.25) is 0 Å². The number of piperidine rings is 1. The first-order valence-corrected chi connectivity index (χ1v) is 13.3. The van der Waals surface area contributed by atoms with Crippen molar-refractivity contribution >= 4 is 56.0 Å². The molecule has 35 heavy (non-hydrogen) atoms. The largest absolute Gasteiger partial charge is 0.444 e. The van der Waals surface area contributed by atoms with Crippen molar-refractivity contribution in [2.75, 3.05) is 23.1 Å². The van der Waals surface area contributed by atoms with Crippen LogP contribution in [0.1, 0.15) is 33.6 Å². The number of carbonyl (C=O) groups excluding carboxylic acids is 1. The Morgan fingerprint density at radius 3 is 2.29 bits per heavy atom. The van der Waals surface area contributed by atoms with Crippen LogP contribution in [0, 0.1) is 21.0 Å². The fourth-order valence-electron chi connectivity index (χ4n) is 3.38. The summed E-state index contributed by atoms with van der Waals surface area (Å²) in [6.07, 6.45) is 0.186. The molecule has 0 spiro atoms. The smallest absolute Gasteiger partial charge is 0.410 e. The molecule has 1 amide bonds. The molecule has 2 aromatic rings. The summed E-state index contributed by atoms with van der Waals surface area (Å²) >= 11 is 1.90. The maximum atomic E-state index is 14.6. The van der Waals surface area contributed by atoms with Gasteiger partial charge >= 0.3 is 6.09 Å². The molecule has 0 bridgehead atoms. The number of nitrogens with zero attached hydrogens (tertiary/aromatic N) is 1. The second-order valence-electron chi connectivity index (χ2n) is 9.00. The third kappa shape index (κ3) is 7.61. The first-order chi connectivity index (χ1) is 16.2. The van der Waals surface area contributed by atoms with Crippen LogP contribution >= 0.6 is 22.6 Å². The Bertz CT molecular complexity index is 1200. The molecule has 3 N–H and O–H groups in total. The number of ether oxygens (including phenoxy) is 1. The predicted molar refractivity (Wildman–Crippen MR) is 135 cm³/mol. The molecule has 192 valence electrons. The van der Waals surface area contributed by atoms with E-state index in [4.69, 9.17) is 4.74 Å². The number of benzene rings is 2. The lowest BCUT2D eigenvalue weighted by molar-refractivity contribution is 0.0203. The third-order valence-corrected chi connectivity index (χ3v) is 6.80. The Hall–Kier alpha value is -2.26. The molecule has 13 heteroatoms. The number of halogens is 4. The number of anilines is 3. The van der Waals surface area contributed by atoms with Gasteiger partial charge in [-0.15, -0.1) is 0 Å². The van der Waals surface area contributed by atoms with Gasteiger partial charge in [-0.3, -0.25) is 4.72 Å². The monoisotopic (exact) mass is 626 g/mol. The summed E-state index contributed by atoms with van der Waals surface area (Å²) in [5.74, 6) is -3.32. The Labute approximate surface area is 215 Å². The summed E-state index contributed by atoms with van der Waals surface area (Å²) in [5, 5.41) is 2.43. The average Bonchev–Trinajstić information content (AvgIpc) is 2.73. The fourth-order valence-corrected chi connectivity index (χ4v) is 5.03. The summed E-state index contributed by atoms with van der Waals surface area (Å²) in [5.41, 5.74) is -1.66. The summed E-state index contributed by atoms with van der Waals surface area (Å²) in [6, 6.07) is 5.38. The van der Waals surface area contributed by atoms with E-state index in [0.717, 1.165) is 12.1 Å². The van der Waals surface area contributed by atoms with Gasteiger partial charge in [-0.1, -0.05) is 0 Å². The molecule has 0 atom stereocenters. The molecule has 0 aromatic heterocycles. The van der Waals surface area contributed by atoms with Crippen molar-refractivity contribution in [3.8, 4) is 0 Å². The minimum Gasteiger partial charge on any atom is -0.444 e.